The molecule has 1 fully saturated rings. The molecule has 4 rings (SSSR count). The predicted octanol–water partition coefficient (Wildman–Crippen LogP) is 2.88. The van der Waals surface area contributed by atoms with E-state index >= 15 is 0 Å². The van der Waals surface area contributed by atoms with E-state index in [-0.39, 0.29) is 0 Å². The van der Waals surface area contributed by atoms with Crippen molar-refractivity contribution in [2.45, 2.75) is 33.2 Å². The van der Waals surface area contributed by atoms with Crippen molar-refractivity contribution in [3.63, 3.8) is 0 Å². The third kappa shape index (κ3) is 3.42. The van der Waals surface area contributed by atoms with Crippen LogP contribution >= 0.6 is 0 Å². The molecule has 0 N–H and O–H groups in total. The summed E-state index contributed by atoms with van der Waals surface area (Å²) in [7, 11) is 0. The number of piperazine rings is 1. The Morgan fingerprint density at radius 1 is 1.04 bits per heavy atom. The number of fused-ring (bicyclic) bond motifs is 1. The second-order valence-electron chi connectivity index (χ2n) is 7.39. The Kier molecular flexibility index (Phi) is 4.59. The fourth-order valence-electron chi connectivity index (χ4n) is 3.54. The molecule has 3 aromatic rings. The molecular formula is C20H26N6. The van der Waals surface area contributed by atoms with E-state index in [9.17, 15) is 0 Å². The van der Waals surface area contributed by atoms with Gasteiger partial charge in [-0.2, -0.15) is 14.6 Å². The number of benzene rings is 1. The van der Waals surface area contributed by atoms with Gasteiger partial charge in [-0.05, 0) is 24.0 Å². The monoisotopic (exact) mass is 350 g/mol. The molecule has 0 radical (unpaired) electrons. The first kappa shape index (κ1) is 17.0. The van der Waals surface area contributed by atoms with Crippen LogP contribution in [0.2, 0.25) is 0 Å². The van der Waals surface area contributed by atoms with Crippen LogP contribution in [0.1, 0.15) is 36.6 Å². The highest BCUT2D eigenvalue weighted by molar-refractivity contribution is 5.47. The van der Waals surface area contributed by atoms with Crippen LogP contribution in [0, 0.1) is 6.92 Å². The number of nitrogens with zero attached hydrogens (tertiary/aromatic N) is 6. The number of anilines is 1. The summed E-state index contributed by atoms with van der Waals surface area (Å²) in [5.74, 6) is 2.35. The Bertz CT molecular complexity index is 875. The Hall–Kier alpha value is -2.47. The molecule has 26 heavy (non-hydrogen) atoms. The van der Waals surface area contributed by atoms with Gasteiger partial charge in [0.15, 0.2) is 0 Å². The third-order valence-corrected chi connectivity index (χ3v) is 5.11. The lowest BCUT2D eigenvalue weighted by molar-refractivity contribution is 0.249. The van der Waals surface area contributed by atoms with Crippen LogP contribution in [0.5, 0.6) is 0 Å². The summed E-state index contributed by atoms with van der Waals surface area (Å²) in [5.41, 5.74) is 3.78. The van der Waals surface area contributed by atoms with Crippen molar-refractivity contribution in [2.24, 2.45) is 0 Å². The highest BCUT2D eigenvalue weighted by Gasteiger charge is 2.20. The summed E-state index contributed by atoms with van der Waals surface area (Å²) in [6.45, 7) is 11.6. The van der Waals surface area contributed by atoms with Crippen LogP contribution < -0.4 is 4.90 Å². The summed E-state index contributed by atoms with van der Waals surface area (Å²) in [5, 5.41) is 4.33. The van der Waals surface area contributed by atoms with Gasteiger partial charge in [0.25, 0.3) is 5.78 Å². The first-order valence-electron chi connectivity index (χ1n) is 9.33. The summed E-state index contributed by atoms with van der Waals surface area (Å²) in [6.07, 6.45) is 1.57. The van der Waals surface area contributed by atoms with Crippen molar-refractivity contribution >= 4 is 11.6 Å². The van der Waals surface area contributed by atoms with Crippen molar-refractivity contribution in [3.05, 3.63) is 53.5 Å². The van der Waals surface area contributed by atoms with Crippen LogP contribution in [0.3, 0.4) is 0 Å². The van der Waals surface area contributed by atoms with Crippen molar-refractivity contribution in [1.29, 1.82) is 0 Å². The molecule has 0 aliphatic carbocycles. The fourth-order valence-corrected chi connectivity index (χ4v) is 3.54. The predicted molar refractivity (Wildman–Crippen MR) is 104 cm³/mol. The Morgan fingerprint density at radius 2 is 1.77 bits per heavy atom. The van der Waals surface area contributed by atoms with E-state index in [1.165, 1.54) is 11.1 Å². The molecule has 0 amide bonds. The lowest BCUT2D eigenvalue weighted by Gasteiger charge is -2.36. The van der Waals surface area contributed by atoms with Gasteiger partial charge in [-0.1, -0.05) is 38.1 Å². The largest absolute Gasteiger partial charge is 0.354 e. The number of rotatable bonds is 4. The summed E-state index contributed by atoms with van der Waals surface area (Å²) in [4.78, 5) is 13.6. The van der Waals surface area contributed by atoms with Gasteiger partial charge < -0.3 is 4.90 Å². The maximum atomic E-state index is 4.43. The van der Waals surface area contributed by atoms with Gasteiger partial charge in [0, 0.05) is 44.5 Å². The van der Waals surface area contributed by atoms with E-state index in [0.717, 1.165) is 44.2 Å². The average Bonchev–Trinajstić information content (AvgIpc) is 3.10. The molecule has 2 aromatic heterocycles. The zero-order valence-corrected chi connectivity index (χ0v) is 15.8. The summed E-state index contributed by atoms with van der Waals surface area (Å²) >= 11 is 0. The Morgan fingerprint density at radius 3 is 2.46 bits per heavy atom. The van der Waals surface area contributed by atoms with E-state index in [4.69, 9.17) is 0 Å². The van der Waals surface area contributed by atoms with E-state index in [2.05, 4.69) is 69.0 Å². The molecule has 1 aliphatic heterocycles. The molecule has 0 atom stereocenters. The first-order valence-corrected chi connectivity index (χ1v) is 9.33. The first-order chi connectivity index (χ1) is 12.6. The molecule has 0 spiro atoms. The van der Waals surface area contributed by atoms with Gasteiger partial charge in [-0.15, -0.1) is 0 Å². The Balaban J connectivity index is 1.41. The van der Waals surface area contributed by atoms with E-state index in [0.29, 0.717) is 11.7 Å². The van der Waals surface area contributed by atoms with Crippen LogP contribution in [0.15, 0.2) is 36.7 Å². The summed E-state index contributed by atoms with van der Waals surface area (Å²) in [6, 6.07) is 11.2. The maximum Gasteiger partial charge on any atom is 0.254 e. The van der Waals surface area contributed by atoms with Crippen LogP contribution in [0.25, 0.3) is 5.78 Å². The van der Waals surface area contributed by atoms with Gasteiger partial charge >= 0.3 is 0 Å². The summed E-state index contributed by atoms with van der Waals surface area (Å²) < 4.78 is 1.84. The molecule has 0 saturated carbocycles. The average molecular weight is 350 g/mol. The molecule has 136 valence electrons. The molecule has 1 saturated heterocycles. The molecule has 6 nitrogen and oxygen atoms in total. The molecule has 0 unspecified atom stereocenters. The van der Waals surface area contributed by atoms with Crippen LogP contribution in [0.4, 0.5) is 5.82 Å². The van der Waals surface area contributed by atoms with Gasteiger partial charge in [-0.25, -0.2) is 4.98 Å². The highest BCUT2D eigenvalue weighted by Crippen LogP contribution is 2.20. The maximum absolute atomic E-state index is 4.43. The quantitative estimate of drug-likeness (QED) is 0.724. The van der Waals surface area contributed by atoms with Crippen molar-refractivity contribution in [1.82, 2.24) is 24.5 Å². The van der Waals surface area contributed by atoms with Gasteiger partial charge in [0.05, 0.1) is 0 Å². The van der Waals surface area contributed by atoms with Crippen molar-refractivity contribution in [3.8, 4) is 0 Å². The normalized spacial score (nSPS) is 15.9. The molecule has 1 aromatic carbocycles. The van der Waals surface area contributed by atoms with Crippen molar-refractivity contribution in [2.75, 3.05) is 31.1 Å². The molecular weight excluding hydrogens is 324 g/mol. The zero-order chi connectivity index (χ0) is 18.1. The highest BCUT2D eigenvalue weighted by atomic mass is 15.4. The second kappa shape index (κ2) is 7.03. The molecule has 0 bridgehead atoms. The lowest BCUT2D eigenvalue weighted by atomic mass is 10.0. The van der Waals surface area contributed by atoms with Gasteiger partial charge in [0.1, 0.15) is 12.1 Å². The smallest absolute Gasteiger partial charge is 0.254 e. The number of hydrogen-bond acceptors (Lipinski definition) is 5. The molecule has 1 aliphatic rings. The zero-order valence-electron chi connectivity index (χ0n) is 15.8. The van der Waals surface area contributed by atoms with Crippen LogP contribution in [-0.2, 0) is 6.54 Å². The number of aromatic nitrogens is 4. The Labute approximate surface area is 154 Å². The number of aryl methyl sites for hydroxylation is 1. The number of hydrogen-bond donors (Lipinski definition) is 0. The minimum absolute atomic E-state index is 0.588. The van der Waals surface area contributed by atoms with E-state index in [1.807, 2.05) is 11.4 Å². The van der Waals surface area contributed by atoms with E-state index in [1.54, 1.807) is 6.33 Å². The van der Waals surface area contributed by atoms with Crippen LogP contribution in [-0.4, -0.2) is 50.7 Å². The second-order valence-corrected chi connectivity index (χ2v) is 7.39. The molecule has 3 heterocycles. The minimum atomic E-state index is 0.588. The van der Waals surface area contributed by atoms with E-state index < -0.39 is 0 Å². The fraction of sp³-hybridized carbons (Fsp3) is 0.450. The topological polar surface area (TPSA) is 49.6 Å². The SMILES string of the molecule is Cc1cc(N2CCN(Cc3ccc(C(C)C)cc3)CC2)n2ncnc2n1. The van der Waals surface area contributed by atoms with Crippen molar-refractivity contribution < 1.29 is 0 Å². The minimum Gasteiger partial charge on any atom is -0.354 e. The molecule has 6 heteroatoms. The van der Waals surface area contributed by atoms with Gasteiger partial charge in [-0.3, -0.25) is 4.90 Å². The standard InChI is InChI=1S/C20H26N6/c1-15(2)18-6-4-17(5-7-18)13-24-8-10-25(11-9-24)19-12-16(3)23-20-21-14-22-26(19)20/h4-7,12,14-15H,8-11,13H2,1-3H3. The lowest BCUT2D eigenvalue weighted by Crippen LogP contribution is -2.46. The third-order valence-electron chi connectivity index (χ3n) is 5.11. The van der Waals surface area contributed by atoms with Gasteiger partial charge in [0.2, 0.25) is 0 Å².